The molecule has 0 atom stereocenters. The summed E-state index contributed by atoms with van der Waals surface area (Å²) in [7, 11) is 0. The summed E-state index contributed by atoms with van der Waals surface area (Å²) < 4.78 is 0. The van der Waals surface area contributed by atoms with Crippen LogP contribution < -0.4 is 0 Å². The van der Waals surface area contributed by atoms with Gasteiger partial charge in [-0.1, -0.05) is 49.1 Å². The van der Waals surface area contributed by atoms with Crippen molar-refractivity contribution in [3.63, 3.8) is 0 Å². The van der Waals surface area contributed by atoms with Crippen molar-refractivity contribution in [2.45, 2.75) is 20.8 Å². The van der Waals surface area contributed by atoms with Crippen LogP contribution >= 0.6 is 0 Å². The Morgan fingerprint density at radius 3 is 2.27 bits per heavy atom. The Morgan fingerprint density at radius 1 is 1.13 bits per heavy atom. The van der Waals surface area contributed by atoms with E-state index >= 15 is 0 Å². The molecule has 0 bridgehead atoms. The lowest BCUT2D eigenvalue weighted by Crippen LogP contribution is -2.01. The zero-order chi connectivity index (χ0) is 11.7. The van der Waals surface area contributed by atoms with Crippen molar-refractivity contribution in [2.75, 3.05) is 0 Å². The number of allylic oxidation sites excluding steroid dienone is 9. The highest BCUT2D eigenvalue weighted by Crippen LogP contribution is 2.08. The molecule has 1 nitrogen and oxygen atoms in total. The molecule has 0 unspecified atom stereocenters. The van der Waals surface area contributed by atoms with E-state index < -0.39 is 0 Å². The van der Waals surface area contributed by atoms with E-state index in [9.17, 15) is 4.79 Å². The first kappa shape index (κ1) is 13.4. The molecule has 0 heterocycles. The van der Waals surface area contributed by atoms with Gasteiger partial charge in [-0.25, -0.2) is 0 Å². The smallest absolute Gasteiger partial charge is 0.188 e. The lowest BCUT2D eigenvalue weighted by Gasteiger charge is -2.00. The molecule has 80 valence electrons. The standard InChI is InChI=1S/C14H18O/c1-5-8-11-13(10-7-3)14(15)12(4)9-6-2/h5-11H,2H2,1,3-4H3/b8-5-,10-7-,12-9+,13-11+. The maximum absolute atomic E-state index is 11.9. The molecule has 1 heteroatoms. The first-order valence-corrected chi connectivity index (χ1v) is 4.97. The molecule has 0 aliphatic carbocycles. The number of carbonyl (C=O) groups is 1. The van der Waals surface area contributed by atoms with Gasteiger partial charge in [0.05, 0.1) is 0 Å². The van der Waals surface area contributed by atoms with Crippen LogP contribution in [-0.4, -0.2) is 5.78 Å². The predicted octanol–water partition coefficient (Wildman–Crippen LogP) is 3.77. The number of hydrogen-bond donors (Lipinski definition) is 0. The van der Waals surface area contributed by atoms with Gasteiger partial charge in [0, 0.05) is 5.57 Å². The van der Waals surface area contributed by atoms with Crippen LogP contribution in [0.3, 0.4) is 0 Å². The topological polar surface area (TPSA) is 17.1 Å². The van der Waals surface area contributed by atoms with E-state index in [0.717, 1.165) is 0 Å². The van der Waals surface area contributed by atoms with Gasteiger partial charge < -0.3 is 0 Å². The normalized spacial score (nSPS) is 13.8. The van der Waals surface area contributed by atoms with E-state index in [4.69, 9.17) is 0 Å². The number of Topliss-reactive ketones (excluding diaryl/α,β-unsaturated/α-hetero) is 1. The third-order valence-corrected chi connectivity index (χ3v) is 1.80. The maximum atomic E-state index is 11.9. The molecule has 0 amide bonds. The van der Waals surface area contributed by atoms with Crippen LogP contribution in [0.15, 0.2) is 60.3 Å². The summed E-state index contributed by atoms with van der Waals surface area (Å²) in [5, 5.41) is 0. The highest BCUT2D eigenvalue weighted by Gasteiger charge is 2.06. The average molecular weight is 202 g/mol. The fraction of sp³-hybridized carbons (Fsp3) is 0.214. The molecule has 0 aliphatic heterocycles. The molecule has 0 N–H and O–H groups in total. The van der Waals surface area contributed by atoms with Crippen LogP contribution in [0.4, 0.5) is 0 Å². The lowest BCUT2D eigenvalue weighted by molar-refractivity contribution is -0.111. The number of hydrogen-bond acceptors (Lipinski definition) is 1. The Kier molecular flexibility index (Phi) is 6.90. The van der Waals surface area contributed by atoms with Crippen LogP contribution in [0, 0.1) is 0 Å². The fourth-order valence-electron chi connectivity index (χ4n) is 1.07. The van der Waals surface area contributed by atoms with Gasteiger partial charge in [0.25, 0.3) is 0 Å². The summed E-state index contributed by atoms with van der Waals surface area (Å²) in [6.45, 7) is 9.17. The Labute approximate surface area is 92.2 Å². The minimum absolute atomic E-state index is 0.0334. The van der Waals surface area contributed by atoms with Gasteiger partial charge in [-0.3, -0.25) is 4.79 Å². The zero-order valence-electron chi connectivity index (χ0n) is 9.66. The molecule has 15 heavy (non-hydrogen) atoms. The third-order valence-electron chi connectivity index (χ3n) is 1.80. The lowest BCUT2D eigenvalue weighted by atomic mass is 10.0. The van der Waals surface area contributed by atoms with Gasteiger partial charge in [0.1, 0.15) is 0 Å². The first-order chi connectivity index (χ1) is 7.17. The summed E-state index contributed by atoms with van der Waals surface area (Å²) in [4.78, 5) is 11.9. The van der Waals surface area contributed by atoms with E-state index in [0.29, 0.717) is 11.1 Å². The second kappa shape index (κ2) is 7.74. The second-order valence-electron chi connectivity index (χ2n) is 3.06. The molecule has 0 aromatic carbocycles. The van der Waals surface area contributed by atoms with E-state index in [-0.39, 0.29) is 5.78 Å². The molecule has 0 saturated carbocycles. The van der Waals surface area contributed by atoms with Crippen LogP contribution in [0.2, 0.25) is 0 Å². The van der Waals surface area contributed by atoms with Crippen molar-refractivity contribution in [2.24, 2.45) is 0 Å². The molecule has 0 aliphatic rings. The molecule has 0 rings (SSSR count). The van der Waals surface area contributed by atoms with Crippen molar-refractivity contribution < 1.29 is 4.79 Å². The fourth-order valence-corrected chi connectivity index (χ4v) is 1.07. The van der Waals surface area contributed by atoms with Crippen LogP contribution in [0.1, 0.15) is 20.8 Å². The monoisotopic (exact) mass is 202 g/mol. The van der Waals surface area contributed by atoms with Gasteiger partial charge in [-0.05, 0) is 26.3 Å². The first-order valence-electron chi connectivity index (χ1n) is 4.97. The molecular weight excluding hydrogens is 184 g/mol. The quantitative estimate of drug-likeness (QED) is 0.490. The number of ketones is 1. The van der Waals surface area contributed by atoms with Crippen molar-refractivity contribution in [1.29, 1.82) is 0 Å². The van der Waals surface area contributed by atoms with Gasteiger partial charge in [0.2, 0.25) is 0 Å². The van der Waals surface area contributed by atoms with E-state index in [1.807, 2.05) is 44.2 Å². The number of rotatable bonds is 5. The Bertz CT molecular complexity index is 338. The van der Waals surface area contributed by atoms with Gasteiger partial charge in [-0.15, -0.1) is 0 Å². The second-order valence-corrected chi connectivity index (χ2v) is 3.06. The maximum Gasteiger partial charge on any atom is 0.188 e. The minimum Gasteiger partial charge on any atom is -0.289 e. The average Bonchev–Trinajstić information content (AvgIpc) is 2.23. The Balaban J connectivity index is 5.02. The third kappa shape index (κ3) is 4.96. The summed E-state index contributed by atoms with van der Waals surface area (Å²) in [5.41, 5.74) is 1.38. The van der Waals surface area contributed by atoms with E-state index in [1.54, 1.807) is 19.1 Å². The molecule has 0 fully saturated rings. The highest BCUT2D eigenvalue weighted by molar-refractivity contribution is 6.10. The zero-order valence-corrected chi connectivity index (χ0v) is 9.66. The highest BCUT2D eigenvalue weighted by atomic mass is 16.1. The molecule has 0 aromatic rings. The van der Waals surface area contributed by atoms with Crippen molar-refractivity contribution >= 4 is 5.78 Å². The molecule has 0 spiro atoms. The van der Waals surface area contributed by atoms with Gasteiger partial charge in [0.15, 0.2) is 5.78 Å². The largest absolute Gasteiger partial charge is 0.289 e. The van der Waals surface area contributed by atoms with E-state index in [1.165, 1.54) is 0 Å². The van der Waals surface area contributed by atoms with Crippen LogP contribution in [0.5, 0.6) is 0 Å². The summed E-state index contributed by atoms with van der Waals surface area (Å²) >= 11 is 0. The van der Waals surface area contributed by atoms with Crippen LogP contribution in [0.25, 0.3) is 0 Å². The summed E-state index contributed by atoms with van der Waals surface area (Å²) in [6, 6.07) is 0. The van der Waals surface area contributed by atoms with Gasteiger partial charge >= 0.3 is 0 Å². The molecule has 0 radical (unpaired) electrons. The minimum atomic E-state index is 0.0334. The Morgan fingerprint density at radius 2 is 1.80 bits per heavy atom. The Hall–Kier alpha value is -1.63. The number of carbonyl (C=O) groups excluding carboxylic acids is 1. The molecule has 0 saturated heterocycles. The molecular formula is C14H18O. The van der Waals surface area contributed by atoms with Crippen molar-refractivity contribution in [3.8, 4) is 0 Å². The van der Waals surface area contributed by atoms with E-state index in [2.05, 4.69) is 6.58 Å². The summed E-state index contributed by atoms with van der Waals surface area (Å²) in [6.07, 6.45) is 12.6. The van der Waals surface area contributed by atoms with Crippen LogP contribution in [-0.2, 0) is 4.79 Å². The molecule has 0 aromatic heterocycles. The van der Waals surface area contributed by atoms with Crippen molar-refractivity contribution in [3.05, 3.63) is 60.3 Å². The predicted molar refractivity (Wildman–Crippen MR) is 66.7 cm³/mol. The van der Waals surface area contributed by atoms with Gasteiger partial charge in [-0.2, -0.15) is 0 Å². The summed E-state index contributed by atoms with van der Waals surface area (Å²) in [5.74, 6) is 0.0334. The van der Waals surface area contributed by atoms with Crippen molar-refractivity contribution in [1.82, 2.24) is 0 Å². The SMILES string of the molecule is C=C/C=C(\C)C(=O)C(/C=C\C)=C/C=C\C.